The molecule has 1 N–H and O–H groups in total. The molecule has 0 bridgehead atoms. The van der Waals surface area contributed by atoms with Crippen LogP contribution in [-0.2, 0) is 11.2 Å². The Labute approximate surface area is 113 Å². The molecule has 2 nitrogen and oxygen atoms in total. The summed E-state index contributed by atoms with van der Waals surface area (Å²) in [6.45, 7) is 1.54. The molecule has 0 fully saturated rings. The smallest absolute Gasteiger partial charge is 0.221 e. The first-order chi connectivity index (χ1) is 9.25. The van der Waals surface area contributed by atoms with Crippen LogP contribution in [0.5, 0.6) is 0 Å². The lowest BCUT2D eigenvalue weighted by atomic mass is 9.91. The van der Waals surface area contributed by atoms with Crippen molar-refractivity contribution >= 4 is 11.6 Å². The van der Waals surface area contributed by atoms with Crippen LogP contribution in [0, 0.1) is 6.07 Å². The van der Waals surface area contributed by atoms with E-state index in [1.165, 1.54) is 11.1 Å². The van der Waals surface area contributed by atoms with Crippen LogP contribution < -0.4 is 5.32 Å². The van der Waals surface area contributed by atoms with Crippen LogP contribution in [0.25, 0.3) is 0 Å². The largest absolute Gasteiger partial charge is 0.326 e. The van der Waals surface area contributed by atoms with Crippen molar-refractivity contribution in [3.8, 4) is 0 Å². The SMILES string of the molecule is CC(=O)Nc1ccc[c]c1C1CCc2ccccc21. The van der Waals surface area contributed by atoms with Crippen molar-refractivity contribution in [3.63, 3.8) is 0 Å². The summed E-state index contributed by atoms with van der Waals surface area (Å²) in [4.78, 5) is 11.3. The Morgan fingerprint density at radius 2 is 2.11 bits per heavy atom. The number of amides is 1. The quantitative estimate of drug-likeness (QED) is 0.868. The Hall–Kier alpha value is -2.09. The van der Waals surface area contributed by atoms with Gasteiger partial charge in [-0.1, -0.05) is 36.4 Å². The molecular weight excluding hydrogens is 234 g/mol. The third kappa shape index (κ3) is 2.26. The van der Waals surface area contributed by atoms with Crippen molar-refractivity contribution in [1.29, 1.82) is 0 Å². The Kier molecular flexibility index (Phi) is 3.08. The molecular formula is C17H16NO. The van der Waals surface area contributed by atoms with Crippen molar-refractivity contribution in [2.75, 3.05) is 5.32 Å². The Morgan fingerprint density at radius 3 is 2.95 bits per heavy atom. The van der Waals surface area contributed by atoms with Gasteiger partial charge in [0.2, 0.25) is 5.91 Å². The lowest BCUT2D eigenvalue weighted by Gasteiger charge is -2.16. The van der Waals surface area contributed by atoms with Gasteiger partial charge in [0, 0.05) is 18.5 Å². The summed E-state index contributed by atoms with van der Waals surface area (Å²) < 4.78 is 0. The summed E-state index contributed by atoms with van der Waals surface area (Å²) in [6.07, 6.45) is 2.19. The summed E-state index contributed by atoms with van der Waals surface area (Å²) in [5.41, 5.74) is 4.77. The van der Waals surface area contributed by atoms with Gasteiger partial charge in [0.05, 0.1) is 0 Å². The zero-order chi connectivity index (χ0) is 13.2. The fourth-order valence-corrected chi connectivity index (χ4v) is 2.89. The summed E-state index contributed by atoms with van der Waals surface area (Å²) in [5, 5.41) is 2.91. The normalized spacial score (nSPS) is 17.0. The Morgan fingerprint density at radius 1 is 1.26 bits per heavy atom. The van der Waals surface area contributed by atoms with E-state index in [1.54, 1.807) is 6.92 Å². The second-order valence-corrected chi connectivity index (χ2v) is 4.97. The van der Waals surface area contributed by atoms with Crippen LogP contribution in [0.2, 0.25) is 0 Å². The molecule has 1 amide bonds. The third-order valence-electron chi connectivity index (χ3n) is 3.68. The van der Waals surface area contributed by atoms with Crippen molar-refractivity contribution in [3.05, 3.63) is 65.2 Å². The molecule has 95 valence electrons. The van der Waals surface area contributed by atoms with Crippen LogP contribution in [0.1, 0.15) is 36.0 Å². The summed E-state index contributed by atoms with van der Waals surface area (Å²) in [6, 6.07) is 17.6. The molecule has 0 saturated heterocycles. The van der Waals surface area contributed by atoms with E-state index in [4.69, 9.17) is 0 Å². The molecule has 0 spiro atoms. The van der Waals surface area contributed by atoms with Crippen LogP contribution in [0.3, 0.4) is 0 Å². The Balaban J connectivity index is 2.02. The number of fused-ring (bicyclic) bond motifs is 1. The molecule has 1 atom stereocenters. The van der Waals surface area contributed by atoms with E-state index in [0.717, 1.165) is 24.1 Å². The molecule has 2 aromatic rings. The van der Waals surface area contributed by atoms with Crippen LogP contribution >= 0.6 is 0 Å². The van der Waals surface area contributed by atoms with Crippen molar-refractivity contribution in [1.82, 2.24) is 0 Å². The van der Waals surface area contributed by atoms with Crippen molar-refractivity contribution in [2.45, 2.75) is 25.7 Å². The minimum Gasteiger partial charge on any atom is -0.326 e. The maximum atomic E-state index is 11.3. The molecule has 1 aliphatic carbocycles. The van der Waals surface area contributed by atoms with Gasteiger partial charge in [-0.25, -0.2) is 0 Å². The highest BCUT2D eigenvalue weighted by Crippen LogP contribution is 2.40. The fraction of sp³-hybridized carbons (Fsp3) is 0.235. The minimum atomic E-state index is -0.0351. The molecule has 1 radical (unpaired) electrons. The number of hydrogen-bond acceptors (Lipinski definition) is 1. The van der Waals surface area contributed by atoms with Gasteiger partial charge in [0.1, 0.15) is 0 Å². The highest BCUT2D eigenvalue weighted by atomic mass is 16.1. The van der Waals surface area contributed by atoms with Crippen LogP contribution in [0.4, 0.5) is 5.69 Å². The molecule has 0 heterocycles. The first-order valence-electron chi connectivity index (χ1n) is 6.61. The van der Waals surface area contributed by atoms with Crippen molar-refractivity contribution in [2.24, 2.45) is 0 Å². The van der Waals surface area contributed by atoms with Gasteiger partial charge in [0.25, 0.3) is 0 Å². The number of hydrogen-bond donors (Lipinski definition) is 1. The van der Waals surface area contributed by atoms with Gasteiger partial charge in [-0.15, -0.1) is 0 Å². The monoisotopic (exact) mass is 250 g/mol. The molecule has 1 aliphatic rings. The predicted octanol–water partition coefficient (Wildman–Crippen LogP) is 3.52. The molecule has 3 rings (SSSR count). The number of aryl methyl sites for hydroxylation is 1. The van der Waals surface area contributed by atoms with E-state index in [1.807, 2.05) is 18.2 Å². The number of carbonyl (C=O) groups excluding carboxylic acids is 1. The van der Waals surface area contributed by atoms with Crippen LogP contribution in [-0.4, -0.2) is 5.91 Å². The molecule has 19 heavy (non-hydrogen) atoms. The lowest BCUT2D eigenvalue weighted by Crippen LogP contribution is -2.10. The number of rotatable bonds is 2. The zero-order valence-electron chi connectivity index (χ0n) is 10.9. The average Bonchev–Trinajstić information content (AvgIpc) is 2.82. The zero-order valence-corrected chi connectivity index (χ0v) is 10.9. The van der Waals surface area contributed by atoms with Crippen LogP contribution in [0.15, 0.2) is 42.5 Å². The molecule has 0 saturated carbocycles. The molecule has 2 aromatic carbocycles. The van der Waals surface area contributed by atoms with Gasteiger partial charge in [-0.3, -0.25) is 4.79 Å². The summed E-state index contributed by atoms with van der Waals surface area (Å²) >= 11 is 0. The number of nitrogens with one attached hydrogen (secondary N) is 1. The maximum Gasteiger partial charge on any atom is 0.221 e. The second kappa shape index (κ2) is 4.88. The molecule has 0 aliphatic heterocycles. The predicted molar refractivity (Wildman–Crippen MR) is 76.2 cm³/mol. The number of benzene rings is 2. The average molecular weight is 250 g/mol. The van der Waals surface area contributed by atoms with E-state index >= 15 is 0 Å². The number of carbonyl (C=O) groups is 1. The minimum absolute atomic E-state index is 0.0351. The highest BCUT2D eigenvalue weighted by molar-refractivity contribution is 5.89. The van der Waals surface area contributed by atoms with E-state index in [-0.39, 0.29) is 5.91 Å². The fourth-order valence-electron chi connectivity index (χ4n) is 2.89. The van der Waals surface area contributed by atoms with Gasteiger partial charge in [-0.05, 0) is 41.7 Å². The van der Waals surface area contributed by atoms with E-state index in [0.29, 0.717) is 5.92 Å². The first kappa shape index (κ1) is 12.0. The van der Waals surface area contributed by atoms with Gasteiger partial charge in [-0.2, -0.15) is 0 Å². The topological polar surface area (TPSA) is 29.1 Å². The summed E-state index contributed by atoms with van der Waals surface area (Å²) in [5.74, 6) is 0.311. The standard InChI is InChI=1S/C17H16NO/c1-12(19)18-17-9-5-4-8-16(17)15-11-10-13-6-2-3-7-14(13)15/h2-7,9,15H,10-11H2,1H3,(H,18,19). The van der Waals surface area contributed by atoms with E-state index in [2.05, 4.69) is 35.6 Å². The summed E-state index contributed by atoms with van der Waals surface area (Å²) in [7, 11) is 0. The number of anilines is 1. The lowest BCUT2D eigenvalue weighted by molar-refractivity contribution is -0.114. The van der Waals surface area contributed by atoms with E-state index in [9.17, 15) is 4.79 Å². The maximum absolute atomic E-state index is 11.3. The second-order valence-electron chi connectivity index (χ2n) is 4.97. The Bertz CT molecular complexity index is 618. The van der Waals surface area contributed by atoms with Gasteiger partial charge < -0.3 is 5.32 Å². The highest BCUT2D eigenvalue weighted by Gasteiger charge is 2.25. The molecule has 2 heteroatoms. The first-order valence-corrected chi connectivity index (χ1v) is 6.61. The van der Waals surface area contributed by atoms with Crippen molar-refractivity contribution < 1.29 is 4.79 Å². The molecule has 0 aromatic heterocycles. The van der Waals surface area contributed by atoms with Gasteiger partial charge >= 0.3 is 0 Å². The van der Waals surface area contributed by atoms with Gasteiger partial charge in [0.15, 0.2) is 0 Å². The molecule has 1 unspecified atom stereocenters. The van der Waals surface area contributed by atoms with E-state index < -0.39 is 0 Å². The third-order valence-corrected chi connectivity index (χ3v) is 3.68.